The lowest BCUT2D eigenvalue weighted by molar-refractivity contribution is 0.0733. The summed E-state index contributed by atoms with van der Waals surface area (Å²) >= 11 is 0. The van der Waals surface area contributed by atoms with E-state index in [0.29, 0.717) is 25.1 Å². The van der Waals surface area contributed by atoms with Crippen LogP contribution in [0.4, 0.5) is 21.8 Å². The summed E-state index contributed by atoms with van der Waals surface area (Å²) in [6.07, 6.45) is 0.653. The molecule has 36 heavy (non-hydrogen) atoms. The van der Waals surface area contributed by atoms with Crippen LogP contribution in [0.15, 0.2) is 48.5 Å². The summed E-state index contributed by atoms with van der Waals surface area (Å²) in [6.45, 7) is 9.50. The number of aryl methyl sites for hydroxylation is 1. The molecule has 0 atom stereocenters. The van der Waals surface area contributed by atoms with Crippen LogP contribution in [0.3, 0.4) is 0 Å². The molecule has 8 heteroatoms. The van der Waals surface area contributed by atoms with Crippen LogP contribution in [0.1, 0.15) is 34.1 Å². The molecule has 2 aliphatic rings. The Bertz CT molecular complexity index is 1240. The molecule has 0 unspecified atom stereocenters. The smallest absolute Gasteiger partial charge is 0.254 e. The Morgan fingerprint density at radius 3 is 2.42 bits per heavy atom. The van der Waals surface area contributed by atoms with Crippen molar-refractivity contribution in [2.24, 2.45) is 0 Å². The zero-order chi connectivity index (χ0) is 25.2. The number of carbonyl (C=O) groups is 1. The summed E-state index contributed by atoms with van der Waals surface area (Å²) < 4.78 is 13.7. The van der Waals surface area contributed by atoms with Crippen LogP contribution in [0.5, 0.6) is 0 Å². The second kappa shape index (κ2) is 10.1. The Balaban J connectivity index is 1.36. The molecule has 0 saturated carbocycles. The molecule has 1 amide bonds. The average molecular weight is 489 g/mol. The molecule has 3 aromatic rings. The maximum Gasteiger partial charge on any atom is 0.254 e. The number of hydrogen-bond acceptors (Lipinski definition) is 6. The maximum atomic E-state index is 13.7. The van der Waals surface area contributed by atoms with Crippen LogP contribution in [0.25, 0.3) is 0 Å². The number of hydrogen-bond donors (Lipinski definition) is 0. The molecule has 0 bridgehead atoms. The van der Waals surface area contributed by atoms with Gasteiger partial charge in [-0.05, 0) is 44.2 Å². The third-order valence-corrected chi connectivity index (χ3v) is 7.18. The van der Waals surface area contributed by atoms with Gasteiger partial charge in [0.1, 0.15) is 11.6 Å². The zero-order valence-corrected chi connectivity index (χ0v) is 21.2. The first-order valence-electron chi connectivity index (χ1n) is 12.6. The van der Waals surface area contributed by atoms with Gasteiger partial charge in [0.15, 0.2) is 0 Å². The monoisotopic (exact) mass is 488 g/mol. The predicted molar refractivity (Wildman–Crippen MR) is 141 cm³/mol. The van der Waals surface area contributed by atoms with E-state index in [9.17, 15) is 9.18 Å². The van der Waals surface area contributed by atoms with Crippen LogP contribution < -0.4 is 14.7 Å². The largest absolute Gasteiger partial charge is 0.368 e. The number of rotatable bonds is 5. The molecule has 0 N–H and O–H groups in total. The number of piperazine rings is 1. The third-order valence-electron chi connectivity index (χ3n) is 7.18. The lowest BCUT2D eigenvalue weighted by Gasteiger charge is -2.37. The Kier molecular flexibility index (Phi) is 6.76. The first kappa shape index (κ1) is 24.0. The number of fused-ring (bicyclic) bond motifs is 1. The van der Waals surface area contributed by atoms with Crippen molar-refractivity contribution in [3.05, 3.63) is 76.7 Å². The van der Waals surface area contributed by atoms with Crippen LogP contribution in [-0.2, 0) is 13.0 Å². The Labute approximate surface area is 212 Å². The molecule has 1 fully saturated rings. The van der Waals surface area contributed by atoms with Gasteiger partial charge in [-0.15, -0.1) is 0 Å². The van der Waals surface area contributed by atoms with E-state index in [4.69, 9.17) is 9.97 Å². The normalized spacial score (nSPS) is 15.6. The first-order valence-corrected chi connectivity index (χ1v) is 12.6. The molecule has 3 heterocycles. The van der Waals surface area contributed by atoms with E-state index < -0.39 is 5.82 Å². The van der Waals surface area contributed by atoms with Gasteiger partial charge in [-0.1, -0.05) is 23.8 Å². The summed E-state index contributed by atoms with van der Waals surface area (Å²) in [5, 5.41) is 0. The molecular weight excluding hydrogens is 455 g/mol. The van der Waals surface area contributed by atoms with Crippen molar-refractivity contribution in [1.29, 1.82) is 0 Å². The van der Waals surface area contributed by atoms with Gasteiger partial charge in [-0.3, -0.25) is 4.79 Å². The highest BCUT2D eigenvalue weighted by Gasteiger charge is 2.29. The second-order valence-electron chi connectivity index (χ2n) is 9.58. The predicted octanol–water partition coefficient (Wildman–Crippen LogP) is 3.91. The lowest BCUT2D eigenvalue weighted by atomic mass is 10.0. The molecule has 188 valence electrons. The van der Waals surface area contributed by atoms with Crippen molar-refractivity contribution in [1.82, 2.24) is 14.9 Å². The van der Waals surface area contributed by atoms with E-state index in [1.54, 1.807) is 17.0 Å². The van der Waals surface area contributed by atoms with Crippen molar-refractivity contribution in [2.75, 3.05) is 61.0 Å². The minimum atomic E-state index is -0.403. The van der Waals surface area contributed by atoms with E-state index in [-0.39, 0.29) is 5.91 Å². The van der Waals surface area contributed by atoms with Crippen molar-refractivity contribution in [3.8, 4) is 0 Å². The second-order valence-corrected chi connectivity index (χ2v) is 9.58. The third kappa shape index (κ3) is 4.85. The molecule has 5 rings (SSSR count). The number of benzene rings is 2. The maximum absolute atomic E-state index is 13.7. The van der Waals surface area contributed by atoms with Gasteiger partial charge in [0.2, 0.25) is 5.95 Å². The van der Waals surface area contributed by atoms with Gasteiger partial charge in [0.25, 0.3) is 5.91 Å². The standard InChI is InChI=1S/C28H33FN6O/c1-4-32(3)26-24-19-35(27(36)21-6-5-7-22(29)18-21)13-12-25(24)30-28(31-26)34-16-14-33(15-17-34)23-10-8-20(2)9-11-23/h5-11,18H,4,12-17,19H2,1-3H3. The number of anilines is 3. The lowest BCUT2D eigenvalue weighted by Crippen LogP contribution is -2.47. The minimum absolute atomic E-state index is 0.165. The fraction of sp³-hybridized carbons (Fsp3) is 0.393. The molecule has 2 aromatic carbocycles. The molecule has 0 aliphatic carbocycles. The first-order chi connectivity index (χ1) is 17.4. The molecule has 2 aliphatic heterocycles. The van der Waals surface area contributed by atoms with E-state index >= 15 is 0 Å². The van der Waals surface area contributed by atoms with Crippen molar-refractivity contribution < 1.29 is 9.18 Å². The molecule has 1 aromatic heterocycles. The number of halogens is 1. The summed E-state index contributed by atoms with van der Waals surface area (Å²) in [7, 11) is 2.02. The number of nitrogens with zero attached hydrogens (tertiary/aromatic N) is 6. The number of amides is 1. The van der Waals surface area contributed by atoms with E-state index in [2.05, 4.69) is 52.8 Å². The van der Waals surface area contributed by atoms with Crippen molar-refractivity contribution >= 4 is 23.4 Å². The Morgan fingerprint density at radius 2 is 1.72 bits per heavy atom. The van der Waals surface area contributed by atoms with Gasteiger partial charge in [-0.2, -0.15) is 4.98 Å². The highest BCUT2D eigenvalue weighted by atomic mass is 19.1. The van der Waals surface area contributed by atoms with E-state index in [1.165, 1.54) is 23.4 Å². The molecule has 7 nitrogen and oxygen atoms in total. The van der Waals surface area contributed by atoms with Gasteiger partial charge >= 0.3 is 0 Å². The Hall–Kier alpha value is -3.68. The Morgan fingerprint density at radius 1 is 1.00 bits per heavy atom. The average Bonchev–Trinajstić information content (AvgIpc) is 2.92. The van der Waals surface area contributed by atoms with Crippen LogP contribution in [0, 0.1) is 12.7 Å². The summed E-state index contributed by atoms with van der Waals surface area (Å²) in [4.78, 5) is 31.6. The fourth-order valence-electron chi connectivity index (χ4n) is 4.89. The van der Waals surface area contributed by atoms with Gasteiger partial charge in [-0.25, -0.2) is 9.37 Å². The molecule has 0 spiro atoms. The SMILES string of the molecule is CCN(C)c1nc(N2CCN(c3ccc(C)cc3)CC2)nc2c1CN(C(=O)c1cccc(F)c1)CC2. The van der Waals surface area contributed by atoms with Crippen molar-refractivity contribution in [2.45, 2.75) is 26.8 Å². The minimum Gasteiger partial charge on any atom is -0.368 e. The highest BCUT2D eigenvalue weighted by Crippen LogP contribution is 2.30. The van der Waals surface area contributed by atoms with E-state index in [1.807, 2.05) is 7.05 Å². The van der Waals surface area contributed by atoms with Gasteiger partial charge in [0, 0.05) is 69.6 Å². The number of aromatic nitrogens is 2. The van der Waals surface area contributed by atoms with Crippen LogP contribution in [-0.4, -0.2) is 67.1 Å². The summed E-state index contributed by atoms with van der Waals surface area (Å²) in [6, 6.07) is 14.6. The van der Waals surface area contributed by atoms with Crippen LogP contribution >= 0.6 is 0 Å². The highest BCUT2D eigenvalue weighted by molar-refractivity contribution is 5.94. The molecule has 0 radical (unpaired) electrons. The quantitative estimate of drug-likeness (QED) is 0.543. The molecular formula is C28H33FN6O. The van der Waals surface area contributed by atoms with Gasteiger partial charge < -0.3 is 19.6 Å². The summed E-state index contributed by atoms with van der Waals surface area (Å²) in [5.41, 5.74) is 4.87. The summed E-state index contributed by atoms with van der Waals surface area (Å²) in [5.74, 6) is 1.06. The topological polar surface area (TPSA) is 55.8 Å². The molecule has 1 saturated heterocycles. The zero-order valence-electron chi connectivity index (χ0n) is 21.2. The van der Waals surface area contributed by atoms with Crippen molar-refractivity contribution in [3.63, 3.8) is 0 Å². The van der Waals surface area contributed by atoms with E-state index in [0.717, 1.165) is 55.7 Å². The van der Waals surface area contributed by atoms with Gasteiger partial charge in [0.05, 0.1) is 12.2 Å². The fourth-order valence-corrected chi connectivity index (χ4v) is 4.89. The van der Waals surface area contributed by atoms with Crippen LogP contribution in [0.2, 0.25) is 0 Å². The number of carbonyl (C=O) groups excluding carboxylic acids is 1.